The molecule has 3 nitrogen and oxygen atoms in total. The van der Waals surface area contributed by atoms with Crippen molar-refractivity contribution in [2.24, 2.45) is 0 Å². The Morgan fingerprint density at radius 2 is 2.09 bits per heavy atom. The van der Waals surface area contributed by atoms with Crippen LogP contribution in [0.25, 0.3) is 11.0 Å². The molecule has 0 aromatic carbocycles. The van der Waals surface area contributed by atoms with E-state index in [0.717, 1.165) is 0 Å². The molecule has 0 amide bonds. The van der Waals surface area contributed by atoms with Crippen LogP contribution in [-0.4, -0.2) is 15.2 Å². The summed E-state index contributed by atoms with van der Waals surface area (Å²) in [6.45, 7) is 0. The number of aromatic amines is 1. The van der Waals surface area contributed by atoms with Crippen LogP contribution in [0.15, 0.2) is 12.3 Å². The van der Waals surface area contributed by atoms with Crippen LogP contribution in [-0.2, 0) is 0 Å². The lowest BCUT2D eigenvalue weighted by atomic mass is 10.4. The van der Waals surface area contributed by atoms with Gasteiger partial charge in [-0.1, -0.05) is 23.2 Å². The van der Waals surface area contributed by atoms with Crippen molar-refractivity contribution in [1.29, 1.82) is 0 Å². The molecular weight excluding hydrogens is 185 g/mol. The van der Waals surface area contributed by atoms with Gasteiger partial charge in [0.25, 0.3) is 0 Å². The molecule has 0 saturated heterocycles. The van der Waals surface area contributed by atoms with Gasteiger partial charge in [-0.05, 0) is 6.07 Å². The Morgan fingerprint density at radius 1 is 1.27 bits per heavy atom. The smallest absolute Gasteiger partial charge is 0.150 e. The molecule has 0 unspecified atom stereocenters. The molecule has 0 spiro atoms. The first kappa shape index (κ1) is 6.88. The minimum absolute atomic E-state index is 0.419. The fourth-order valence-corrected chi connectivity index (χ4v) is 1.22. The topological polar surface area (TPSA) is 41.6 Å². The van der Waals surface area contributed by atoms with Crippen LogP contribution in [0.1, 0.15) is 0 Å². The molecule has 2 aromatic rings. The molecule has 2 rings (SSSR count). The number of aromatic nitrogens is 3. The van der Waals surface area contributed by atoms with E-state index in [2.05, 4.69) is 15.2 Å². The summed E-state index contributed by atoms with van der Waals surface area (Å²) in [6.07, 6.45) is 1.59. The normalized spacial score (nSPS) is 10.7. The third-order valence-electron chi connectivity index (χ3n) is 1.35. The summed E-state index contributed by atoms with van der Waals surface area (Å²) >= 11 is 11.5. The van der Waals surface area contributed by atoms with Gasteiger partial charge in [-0.3, -0.25) is 10.1 Å². The van der Waals surface area contributed by atoms with E-state index in [0.29, 0.717) is 21.2 Å². The highest BCUT2D eigenvalue weighted by atomic mass is 35.5. The Labute approximate surface area is 72.3 Å². The maximum absolute atomic E-state index is 5.79. The minimum Gasteiger partial charge on any atom is -0.265 e. The van der Waals surface area contributed by atoms with Gasteiger partial charge in [-0.2, -0.15) is 5.10 Å². The molecular formula is C6H3Cl2N3. The highest BCUT2D eigenvalue weighted by molar-refractivity contribution is 6.38. The van der Waals surface area contributed by atoms with E-state index < -0.39 is 0 Å². The van der Waals surface area contributed by atoms with Gasteiger partial charge in [0.1, 0.15) is 11.0 Å². The average molecular weight is 188 g/mol. The fourth-order valence-electron chi connectivity index (χ4n) is 0.855. The lowest BCUT2D eigenvalue weighted by molar-refractivity contribution is 1.12. The summed E-state index contributed by atoms with van der Waals surface area (Å²) in [5.74, 6) is 0. The molecule has 0 radical (unpaired) electrons. The highest BCUT2D eigenvalue weighted by Crippen LogP contribution is 2.23. The first-order chi connectivity index (χ1) is 5.29. The second-order valence-electron chi connectivity index (χ2n) is 2.03. The van der Waals surface area contributed by atoms with E-state index in [4.69, 9.17) is 23.2 Å². The Balaban J connectivity index is 2.94. The number of fused-ring (bicyclic) bond motifs is 1. The molecule has 0 fully saturated rings. The molecule has 0 saturated carbocycles. The van der Waals surface area contributed by atoms with Crippen molar-refractivity contribution in [1.82, 2.24) is 15.2 Å². The van der Waals surface area contributed by atoms with E-state index in [9.17, 15) is 0 Å². The zero-order chi connectivity index (χ0) is 7.84. The zero-order valence-corrected chi connectivity index (χ0v) is 6.82. The number of pyridine rings is 1. The van der Waals surface area contributed by atoms with Gasteiger partial charge in [0.2, 0.25) is 0 Å². The van der Waals surface area contributed by atoms with Crippen LogP contribution in [0.3, 0.4) is 0 Å². The lowest BCUT2D eigenvalue weighted by Crippen LogP contribution is -1.74. The molecule has 1 N–H and O–H groups in total. The number of halogens is 2. The molecule has 11 heavy (non-hydrogen) atoms. The number of nitrogens with zero attached hydrogens (tertiary/aromatic N) is 2. The summed E-state index contributed by atoms with van der Waals surface area (Å²) in [7, 11) is 0. The fraction of sp³-hybridized carbons (Fsp3) is 0. The number of H-pyrrole nitrogens is 1. The largest absolute Gasteiger partial charge is 0.265 e. The Kier molecular flexibility index (Phi) is 1.47. The van der Waals surface area contributed by atoms with E-state index in [-0.39, 0.29) is 0 Å². The van der Waals surface area contributed by atoms with Crippen molar-refractivity contribution in [3.05, 3.63) is 22.4 Å². The second-order valence-corrected chi connectivity index (χ2v) is 2.81. The summed E-state index contributed by atoms with van der Waals surface area (Å²) in [5, 5.41) is 7.43. The molecule has 5 heteroatoms. The van der Waals surface area contributed by atoms with Crippen LogP contribution in [0, 0.1) is 0 Å². The molecule has 0 atom stereocenters. The third kappa shape index (κ3) is 0.968. The second kappa shape index (κ2) is 2.36. The highest BCUT2D eigenvalue weighted by Gasteiger charge is 2.05. The monoisotopic (exact) mass is 187 g/mol. The zero-order valence-electron chi connectivity index (χ0n) is 5.31. The first-order valence-electron chi connectivity index (χ1n) is 2.93. The molecule has 0 bridgehead atoms. The van der Waals surface area contributed by atoms with Crippen LogP contribution in [0.4, 0.5) is 0 Å². The quantitative estimate of drug-likeness (QED) is 0.688. The van der Waals surface area contributed by atoms with E-state index in [1.807, 2.05) is 0 Å². The lowest BCUT2D eigenvalue weighted by Gasteiger charge is -1.88. The van der Waals surface area contributed by atoms with Crippen LogP contribution in [0.5, 0.6) is 0 Å². The number of hydrogen-bond acceptors (Lipinski definition) is 2. The summed E-state index contributed by atoms with van der Waals surface area (Å²) < 4.78 is 0. The summed E-state index contributed by atoms with van der Waals surface area (Å²) in [5.41, 5.74) is 1.22. The standard InChI is InChI=1S/C6H3Cl2N3/c7-3-1-2-9-5-4(3)10-11-6(5)8/h1-2H,(H,10,11). The van der Waals surface area contributed by atoms with Gasteiger partial charge in [0.05, 0.1) is 5.02 Å². The average Bonchev–Trinajstić information content (AvgIpc) is 2.35. The number of hydrogen-bond donors (Lipinski definition) is 1. The van der Waals surface area contributed by atoms with Crippen molar-refractivity contribution in [3.63, 3.8) is 0 Å². The molecule has 0 aliphatic carbocycles. The summed E-state index contributed by atoms with van der Waals surface area (Å²) in [6, 6.07) is 1.67. The van der Waals surface area contributed by atoms with Crippen molar-refractivity contribution in [3.8, 4) is 0 Å². The molecule has 0 aliphatic heterocycles. The van der Waals surface area contributed by atoms with Crippen molar-refractivity contribution < 1.29 is 0 Å². The van der Waals surface area contributed by atoms with Crippen LogP contribution in [0.2, 0.25) is 10.2 Å². The van der Waals surface area contributed by atoms with E-state index in [1.165, 1.54) is 0 Å². The van der Waals surface area contributed by atoms with Crippen LogP contribution >= 0.6 is 23.2 Å². The van der Waals surface area contributed by atoms with Gasteiger partial charge < -0.3 is 0 Å². The Bertz CT molecular complexity index is 396. The third-order valence-corrected chi connectivity index (χ3v) is 1.92. The number of nitrogens with one attached hydrogen (secondary N) is 1. The predicted octanol–water partition coefficient (Wildman–Crippen LogP) is 2.26. The van der Waals surface area contributed by atoms with E-state index in [1.54, 1.807) is 12.3 Å². The SMILES string of the molecule is Clc1ccnc2c(Cl)[nH]nc12. The molecule has 56 valence electrons. The van der Waals surface area contributed by atoms with Gasteiger partial charge in [-0.25, -0.2) is 0 Å². The van der Waals surface area contributed by atoms with E-state index >= 15 is 0 Å². The van der Waals surface area contributed by atoms with Gasteiger partial charge in [0, 0.05) is 6.20 Å². The number of rotatable bonds is 0. The maximum Gasteiger partial charge on any atom is 0.150 e. The first-order valence-corrected chi connectivity index (χ1v) is 3.68. The Hall–Kier alpha value is -0.800. The van der Waals surface area contributed by atoms with Gasteiger partial charge in [0.15, 0.2) is 5.15 Å². The molecule has 2 aromatic heterocycles. The van der Waals surface area contributed by atoms with Gasteiger partial charge >= 0.3 is 0 Å². The minimum atomic E-state index is 0.419. The maximum atomic E-state index is 5.79. The van der Waals surface area contributed by atoms with Crippen LogP contribution < -0.4 is 0 Å². The van der Waals surface area contributed by atoms with Crippen molar-refractivity contribution >= 4 is 34.2 Å². The predicted molar refractivity (Wildman–Crippen MR) is 43.9 cm³/mol. The molecule has 0 aliphatic rings. The van der Waals surface area contributed by atoms with Crippen molar-refractivity contribution in [2.75, 3.05) is 0 Å². The Morgan fingerprint density at radius 3 is 2.82 bits per heavy atom. The van der Waals surface area contributed by atoms with Crippen molar-refractivity contribution in [2.45, 2.75) is 0 Å². The molecule has 2 heterocycles. The van der Waals surface area contributed by atoms with Gasteiger partial charge in [-0.15, -0.1) is 0 Å². The summed E-state index contributed by atoms with van der Waals surface area (Å²) in [4.78, 5) is 3.99.